The van der Waals surface area contributed by atoms with E-state index in [0.717, 1.165) is 0 Å². The van der Waals surface area contributed by atoms with Crippen molar-refractivity contribution < 1.29 is 22.7 Å². The van der Waals surface area contributed by atoms with Crippen molar-refractivity contribution in [1.82, 2.24) is 4.90 Å². The summed E-state index contributed by atoms with van der Waals surface area (Å²) in [4.78, 5) is 26.2. The maximum Gasteiger partial charge on any atom is 0.340 e. The fraction of sp³-hybridized carbons (Fsp3) is 0.500. The van der Waals surface area contributed by atoms with E-state index in [1.807, 2.05) is 0 Å². The maximum absolute atomic E-state index is 12.6. The van der Waals surface area contributed by atoms with Gasteiger partial charge in [-0.2, -0.15) is 0 Å². The summed E-state index contributed by atoms with van der Waals surface area (Å²) in [5.41, 5.74) is 0.109. The summed E-state index contributed by atoms with van der Waals surface area (Å²) >= 11 is 11.8. The number of carbonyl (C=O) groups is 2. The Morgan fingerprint density at radius 3 is 2.56 bits per heavy atom. The van der Waals surface area contributed by atoms with Crippen LogP contribution in [0.3, 0.4) is 0 Å². The summed E-state index contributed by atoms with van der Waals surface area (Å²) in [6.07, 6.45) is -0.659. The topological polar surface area (TPSA) is 80.8 Å². The highest BCUT2D eigenvalue weighted by Crippen LogP contribution is 2.23. The van der Waals surface area contributed by atoms with Gasteiger partial charge in [-0.05, 0) is 38.5 Å². The molecule has 2 atom stereocenters. The van der Waals surface area contributed by atoms with Crippen molar-refractivity contribution in [2.45, 2.75) is 32.4 Å². The first kappa shape index (κ1) is 20.0. The lowest BCUT2D eigenvalue weighted by atomic mass is 10.2. The molecule has 1 heterocycles. The SMILES string of the molecule is CCN(C(=O)[C@@H](C)OC(=O)c1ccc(Cl)cc1Cl)[C@@H]1CCS(=O)(=O)C1. The molecule has 1 aliphatic heterocycles. The van der Waals surface area contributed by atoms with E-state index in [1.165, 1.54) is 30.0 Å². The third-order valence-corrected chi connectivity index (χ3v) is 6.35. The van der Waals surface area contributed by atoms with Gasteiger partial charge in [0.25, 0.3) is 5.91 Å². The minimum atomic E-state index is -3.12. The van der Waals surface area contributed by atoms with Crippen LogP contribution in [0.1, 0.15) is 30.6 Å². The predicted molar refractivity (Wildman–Crippen MR) is 95.8 cm³/mol. The van der Waals surface area contributed by atoms with E-state index >= 15 is 0 Å². The van der Waals surface area contributed by atoms with E-state index in [9.17, 15) is 18.0 Å². The number of hydrogen-bond acceptors (Lipinski definition) is 5. The highest BCUT2D eigenvalue weighted by molar-refractivity contribution is 7.91. The molecule has 0 radical (unpaired) electrons. The Bertz CT molecular complexity index is 781. The molecular weight excluding hydrogens is 389 g/mol. The zero-order chi connectivity index (χ0) is 18.8. The molecule has 1 aromatic carbocycles. The number of carbonyl (C=O) groups excluding carboxylic acids is 2. The van der Waals surface area contributed by atoms with Crippen molar-refractivity contribution in [1.29, 1.82) is 0 Å². The molecule has 0 aromatic heterocycles. The summed E-state index contributed by atoms with van der Waals surface area (Å²) in [7, 11) is -3.12. The third-order valence-electron chi connectivity index (χ3n) is 4.06. The van der Waals surface area contributed by atoms with E-state index in [4.69, 9.17) is 27.9 Å². The van der Waals surface area contributed by atoms with E-state index < -0.39 is 27.8 Å². The summed E-state index contributed by atoms with van der Waals surface area (Å²) in [5.74, 6) is -1.16. The molecule has 0 spiro atoms. The standard InChI is InChI=1S/C16H19Cl2NO5S/c1-3-19(12-6-7-25(22,23)9-12)15(20)10(2)24-16(21)13-5-4-11(17)8-14(13)18/h4-5,8,10,12H,3,6-7,9H2,1-2H3/t10-,12-/m1/s1. The summed E-state index contributed by atoms with van der Waals surface area (Å²) in [5, 5.41) is 0.511. The van der Waals surface area contributed by atoms with E-state index in [0.29, 0.717) is 18.0 Å². The number of rotatable bonds is 5. The molecule has 25 heavy (non-hydrogen) atoms. The van der Waals surface area contributed by atoms with Crippen molar-refractivity contribution in [3.8, 4) is 0 Å². The second-order valence-electron chi connectivity index (χ2n) is 5.85. The number of hydrogen-bond donors (Lipinski definition) is 0. The maximum atomic E-state index is 12.6. The van der Waals surface area contributed by atoms with Gasteiger partial charge in [-0.25, -0.2) is 13.2 Å². The van der Waals surface area contributed by atoms with Crippen molar-refractivity contribution in [3.05, 3.63) is 33.8 Å². The van der Waals surface area contributed by atoms with Gasteiger partial charge in [-0.15, -0.1) is 0 Å². The number of ether oxygens (including phenoxy) is 1. The second kappa shape index (κ2) is 7.93. The molecule has 1 fully saturated rings. The first-order chi connectivity index (χ1) is 11.6. The fourth-order valence-corrected chi connectivity index (χ4v) is 4.99. The highest BCUT2D eigenvalue weighted by Gasteiger charge is 2.36. The molecular formula is C16H19Cl2NO5S. The minimum absolute atomic E-state index is 0.0593. The van der Waals surface area contributed by atoms with Crippen molar-refractivity contribution in [2.75, 3.05) is 18.1 Å². The number of amides is 1. The first-order valence-electron chi connectivity index (χ1n) is 7.81. The molecule has 1 saturated heterocycles. The Kier molecular flexibility index (Phi) is 6.35. The van der Waals surface area contributed by atoms with Crippen LogP contribution in [0.2, 0.25) is 10.0 Å². The minimum Gasteiger partial charge on any atom is -0.449 e. The van der Waals surface area contributed by atoms with Crippen LogP contribution in [0.15, 0.2) is 18.2 Å². The van der Waals surface area contributed by atoms with Gasteiger partial charge in [0.1, 0.15) is 0 Å². The van der Waals surface area contributed by atoms with E-state index in [1.54, 1.807) is 6.92 Å². The number of esters is 1. The quantitative estimate of drug-likeness (QED) is 0.700. The molecule has 0 unspecified atom stereocenters. The lowest BCUT2D eigenvalue weighted by molar-refractivity contribution is -0.141. The summed E-state index contributed by atoms with van der Waals surface area (Å²) in [6.45, 7) is 3.55. The number of nitrogens with zero attached hydrogens (tertiary/aromatic N) is 1. The Balaban J connectivity index is 2.06. The Labute approximate surface area is 157 Å². The van der Waals surface area contributed by atoms with Gasteiger partial charge < -0.3 is 9.64 Å². The predicted octanol–water partition coefficient (Wildman–Crippen LogP) is 2.57. The van der Waals surface area contributed by atoms with Gasteiger partial charge in [0.2, 0.25) is 0 Å². The molecule has 0 saturated carbocycles. The number of likely N-dealkylation sites (N-methyl/N-ethyl adjacent to an activating group) is 1. The van der Waals surface area contributed by atoms with Crippen LogP contribution in [0, 0.1) is 0 Å². The van der Waals surface area contributed by atoms with Gasteiger partial charge >= 0.3 is 5.97 Å². The van der Waals surface area contributed by atoms with Crippen molar-refractivity contribution >= 4 is 44.9 Å². The first-order valence-corrected chi connectivity index (χ1v) is 10.4. The van der Waals surface area contributed by atoms with Crippen LogP contribution >= 0.6 is 23.2 Å². The van der Waals surface area contributed by atoms with Crippen LogP contribution in [0.4, 0.5) is 0 Å². The zero-order valence-electron chi connectivity index (χ0n) is 13.9. The summed E-state index contributed by atoms with van der Waals surface area (Å²) < 4.78 is 28.5. The lowest BCUT2D eigenvalue weighted by Gasteiger charge is -2.29. The van der Waals surface area contributed by atoms with Crippen molar-refractivity contribution in [3.63, 3.8) is 0 Å². The molecule has 0 bridgehead atoms. The van der Waals surface area contributed by atoms with Crippen LogP contribution in [-0.4, -0.2) is 55.4 Å². The highest BCUT2D eigenvalue weighted by atomic mass is 35.5. The monoisotopic (exact) mass is 407 g/mol. The molecule has 6 nitrogen and oxygen atoms in total. The summed E-state index contributed by atoms with van der Waals surface area (Å²) in [6, 6.07) is 3.94. The van der Waals surface area contributed by atoms with Gasteiger partial charge in [0, 0.05) is 17.6 Å². The van der Waals surface area contributed by atoms with Gasteiger partial charge in [-0.1, -0.05) is 23.2 Å². The molecule has 138 valence electrons. The molecule has 0 aliphatic carbocycles. The molecule has 9 heteroatoms. The molecule has 2 rings (SSSR count). The van der Waals surface area contributed by atoms with Gasteiger partial charge in [-0.3, -0.25) is 4.79 Å². The van der Waals surface area contributed by atoms with Gasteiger partial charge in [0.05, 0.1) is 22.1 Å². The van der Waals surface area contributed by atoms with Crippen LogP contribution < -0.4 is 0 Å². The number of halogens is 2. The van der Waals surface area contributed by atoms with Crippen LogP contribution in [0.25, 0.3) is 0 Å². The average molecular weight is 408 g/mol. The molecule has 1 amide bonds. The van der Waals surface area contributed by atoms with Crippen LogP contribution in [-0.2, 0) is 19.4 Å². The largest absolute Gasteiger partial charge is 0.449 e. The fourth-order valence-electron chi connectivity index (χ4n) is 2.78. The number of benzene rings is 1. The lowest BCUT2D eigenvalue weighted by Crippen LogP contribution is -2.46. The second-order valence-corrected chi connectivity index (χ2v) is 8.93. The molecule has 1 aromatic rings. The van der Waals surface area contributed by atoms with E-state index in [-0.39, 0.29) is 28.1 Å². The molecule has 1 aliphatic rings. The Hall–Kier alpha value is -1.31. The third kappa shape index (κ3) is 4.86. The Morgan fingerprint density at radius 2 is 2.04 bits per heavy atom. The zero-order valence-corrected chi connectivity index (χ0v) is 16.2. The van der Waals surface area contributed by atoms with Gasteiger partial charge in [0.15, 0.2) is 15.9 Å². The Morgan fingerprint density at radius 1 is 1.36 bits per heavy atom. The van der Waals surface area contributed by atoms with Crippen LogP contribution in [0.5, 0.6) is 0 Å². The number of sulfone groups is 1. The average Bonchev–Trinajstić information content (AvgIpc) is 2.87. The normalized spacial score (nSPS) is 20.1. The molecule has 0 N–H and O–H groups in total. The van der Waals surface area contributed by atoms with E-state index in [2.05, 4.69) is 0 Å². The smallest absolute Gasteiger partial charge is 0.340 e. The van der Waals surface area contributed by atoms with Crippen molar-refractivity contribution in [2.24, 2.45) is 0 Å².